The van der Waals surface area contributed by atoms with E-state index in [1.807, 2.05) is 6.20 Å². The summed E-state index contributed by atoms with van der Waals surface area (Å²) in [5.41, 5.74) is 0.933. The average molecular weight is 284 g/mol. The van der Waals surface area contributed by atoms with Gasteiger partial charge >= 0.3 is 0 Å². The highest BCUT2D eigenvalue weighted by molar-refractivity contribution is 6.17. The van der Waals surface area contributed by atoms with Crippen molar-refractivity contribution >= 4 is 11.6 Å². The molecule has 0 atom stereocenters. The van der Waals surface area contributed by atoms with E-state index in [-0.39, 0.29) is 5.82 Å². The van der Waals surface area contributed by atoms with Gasteiger partial charge in [0.25, 0.3) is 0 Å². The molecule has 0 N–H and O–H groups in total. The van der Waals surface area contributed by atoms with Crippen molar-refractivity contribution in [3.05, 3.63) is 42.0 Å². The van der Waals surface area contributed by atoms with Gasteiger partial charge in [0.15, 0.2) is 0 Å². The molecule has 0 spiro atoms. The second-order valence-corrected chi connectivity index (χ2v) is 4.45. The molecule has 0 unspecified atom stereocenters. The number of hydrogen-bond acceptors (Lipinski definition) is 3. The molecule has 0 aliphatic carbocycles. The topological polar surface area (TPSA) is 39.9 Å². The van der Waals surface area contributed by atoms with Gasteiger partial charge in [0.2, 0.25) is 0 Å². The van der Waals surface area contributed by atoms with Gasteiger partial charge in [-0.2, -0.15) is 0 Å². The van der Waals surface area contributed by atoms with Gasteiger partial charge in [0, 0.05) is 12.1 Å². The summed E-state index contributed by atoms with van der Waals surface area (Å²) in [5.74, 6) is 0.997. The highest BCUT2D eigenvalue weighted by Gasteiger charge is 2.01. The summed E-state index contributed by atoms with van der Waals surface area (Å²) >= 11 is 5.62. The Morgan fingerprint density at radius 2 is 2.05 bits per heavy atom. The zero-order valence-electron chi connectivity index (χ0n) is 10.4. The van der Waals surface area contributed by atoms with Crippen LogP contribution in [-0.4, -0.2) is 27.5 Å². The first-order chi connectivity index (χ1) is 9.28. The van der Waals surface area contributed by atoms with Crippen molar-refractivity contribution in [3.63, 3.8) is 0 Å². The number of benzene rings is 1. The molecular weight excluding hydrogens is 269 g/mol. The van der Waals surface area contributed by atoms with Gasteiger partial charge < -0.3 is 4.74 Å². The van der Waals surface area contributed by atoms with Crippen LogP contribution in [0.5, 0.6) is 5.75 Å². The van der Waals surface area contributed by atoms with Crippen LogP contribution in [-0.2, 0) is 13.0 Å². The lowest BCUT2D eigenvalue weighted by Gasteiger charge is -2.05. The highest BCUT2D eigenvalue weighted by Crippen LogP contribution is 2.10. The number of hydrogen-bond donors (Lipinski definition) is 0. The van der Waals surface area contributed by atoms with Crippen molar-refractivity contribution < 1.29 is 9.13 Å². The molecule has 1 aromatic carbocycles. The third kappa shape index (κ3) is 4.52. The molecule has 102 valence electrons. The van der Waals surface area contributed by atoms with Crippen molar-refractivity contribution in [2.75, 3.05) is 12.5 Å². The third-order valence-electron chi connectivity index (χ3n) is 2.56. The Balaban J connectivity index is 1.76. The molecule has 2 aromatic rings. The first-order valence-corrected chi connectivity index (χ1v) is 6.65. The number of nitrogens with zero attached hydrogens (tertiary/aromatic N) is 3. The van der Waals surface area contributed by atoms with E-state index < -0.39 is 0 Å². The Kier molecular flexibility index (Phi) is 5.15. The minimum atomic E-state index is -0.271. The molecule has 19 heavy (non-hydrogen) atoms. The van der Waals surface area contributed by atoms with Gasteiger partial charge in [-0.25, -0.2) is 9.07 Å². The van der Waals surface area contributed by atoms with Gasteiger partial charge in [-0.1, -0.05) is 5.21 Å². The lowest BCUT2D eigenvalue weighted by atomic mass is 10.3. The van der Waals surface area contributed by atoms with E-state index in [0.717, 1.165) is 18.5 Å². The normalized spacial score (nSPS) is 10.6. The molecule has 1 heterocycles. The summed E-state index contributed by atoms with van der Waals surface area (Å²) in [4.78, 5) is 0. The molecule has 2 rings (SSSR count). The Hall–Kier alpha value is -1.62. The lowest BCUT2D eigenvalue weighted by Crippen LogP contribution is -2.08. The monoisotopic (exact) mass is 283 g/mol. The maximum absolute atomic E-state index is 12.7. The summed E-state index contributed by atoms with van der Waals surface area (Å²) in [6.45, 7) is 1.06. The number of aromatic nitrogens is 3. The second kappa shape index (κ2) is 7.09. The molecule has 0 radical (unpaired) electrons. The number of rotatable bonds is 7. The SMILES string of the molecule is Fc1ccc(OCCn2cc(CCCCl)nn2)cc1. The van der Waals surface area contributed by atoms with Gasteiger partial charge in [-0.05, 0) is 37.1 Å². The summed E-state index contributed by atoms with van der Waals surface area (Å²) in [6.07, 6.45) is 3.62. The van der Waals surface area contributed by atoms with Crippen LogP contribution < -0.4 is 4.74 Å². The fourth-order valence-corrected chi connectivity index (χ4v) is 1.73. The molecule has 1 aromatic heterocycles. The zero-order valence-corrected chi connectivity index (χ0v) is 11.2. The van der Waals surface area contributed by atoms with E-state index in [0.29, 0.717) is 24.8 Å². The maximum Gasteiger partial charge on any atom is 0.123 e. The number of alkyl halides is 1. The maximum atomic E-state index is 12.7. The second-order valence-electron chi connectivity index (χ2n) is 4.07. The third-order valence-corrected chi connectivity index (χ3v) is 2.82. The summed E-state index contributed by atoms with van der Waals surface area (Å²) in [7, 11) is 0. The average Bonchev–Trinajstić information content (AvgIpc) is 2.87. The van der Waals surface area contributed by atoms with E-state index in [2.05, 4.69) is 10.3 Å². The number of halogens is 2. The predicted molar refractivity (Wildman–Crippen MR) is 71.0 cm³/mol. The summed E-state index contributed by atoms with van der Waals surface area (Å²) < 4.78 is 19.9. The van der Waals surface area contributed by atoms with E-state index in [1.165, 1.54) is 12.1 Å². The van der Waals surface area contributed by atoms with Crippen LogP contribution in [0.2, 0.25) is 0 Å². The molecule has 0 amide bonds. The fraction of sp³-hybridized carbons (Fsp3) is 0.385. The number of ether oxygens (including phenoxy) is 1. The summed E-state index contributed by atoms with van der Waals surface area (Å²) in [6, 6.07) is 5.94. The van der Waals surface area contributed by atoms with E-state index in [9.17, 15) is 4.39 Å². The molecule has 0 aliphatic rings. The van der Waals surface area contributed by atoms with Crippen LogP contribution in [0.3, 0.4) is 0 Å². The number of aryl methyl sites for hydroxylation is 1. The van der Waals surface area contributed by atoms with Crippen LogP contribution in [0.4, 0.5) is 4.39 Å². The van der Waals surface area contributed by atoms with Crippen LogP contribution >= 0.6 is 11.6 Å². The molecule has 6 heteroatoms. The minimum Gasteiger partial charge on any atom is -0.492 e. The Morgan fingerprint density at radius 1 is 1.26 bits per heavy atom. The molecule has 0 saturated heterocycles. The van der Waals surface area contributed by atoms with Crippen molar-refractivity contribution in [1.29, 1.82) is 0 Å². The molecule has 0 bridgehead atoms. The minimum absolute atomic E-state index is 0.271. The van der Waals surface area contributed by atoms with Gasteiger partial charge in [0.1, 0.15) is 18.2 Å². The standard InChI is InChI=1S/C13H15ClFN3O/c14-7-1-2-12-10-18(17-16-12)8-9-19-13-5-3-11(15)4-6-13/h3-6,10H,1-2,7-9H2. The first-order valence-electron chi connectivity index (χ1n) is 6.11. The van der Waals surface area contributed by atoms with Gasteiger partial charge in [-0.3, -0.25) is 0 Å². The fourth-order valence-electron chi connectivity index (χ4n) is 1.60. The van der Waals surface area contributed by atoms with Gasteiger partial charge in [0.05, 0.1) is 12.2 Å². The lowest BCUT2D eigenvalue weighted by molar-refractivity contribution is 0.289. The van der Waals surface area contributed by atoms with E-state index >= 15 is 0 Å². The Morgan fingerprint density at radius 3 is 2.79 bits per heavy atom. The van der Waals surface area contributed by atoms with Crippen LogP contribution in [0.15, 0.2) is 30.5 Å². The van der Waals surface area contributed by atoms with Crippen LogP contribution in [0.1, 0.15) is 12.1 Å². The van der Waals surface area contributed by atoms with Crippen molar-refractivity contribution in [3.8, 4) is 5.75 Å². The Labute approximate surface area is 116 Å². The molecular formula is C13H15ClFN3O. The van der Waals surface area contributed by atoms with E-state index in [4.69, 9.17) is 16.3 Å². The Bertz CT molecular complexity index is 501. The molecule has 0 fully saturated rings. The van der Waals surface area contributed by atoms with Crippen LogP contribution in [0.25, 0.3) is 0 Å². The molecule has 0 saturated carbocycles. The summed E-state index contributed by atoms with van der Waals surface area (Å²) in [5, 5.41) is 8.04. The van der Waals surface area contributed by atoms with Gasteiger partial charge in [-0.15, -0.1) is 16.7 Å². The quantitative estimate of drug-likeness (QED) is 0.734. The van der Waals surface area contributed by atoms with Crippen molar-refractivity contribution in [1.82, 2.24) is 15.0 Å². The zero-order chi connectivity index (χ0) is 13.5. The first kappa shape index (κ1) is 13.8. The van der Waals surface area contributed by atoms with Crippen molar-refractivity contribution in [2.45, 2.75) is 19.4 Å². The molecule has 4 nitrogen and oxygen atoms in total. The van der Waals surface area contributed by atoms with Crippen molar-refractivity contribution in [2.24, 2.45) is 0 Å². The predicted octanol–water partition coefficient (Wildman–Crippen LogP) is 2.67. The van der Waals surface area contributed by atoms with Crippen LogP contribution in [0, 0.1) is 5.82 Å². The van der Waals surface area contributed by atoms with E-state index in [1.54, 1.807) is 16.8 Å². The highest BCUT2D eigenvalue weighted by atomic mass is 35.5. The smallest absolute Gasteiger partial charge is 0.123 e. The largest absolute Gasteiger partial charge is 0.492 e. The molecule has 0 aliphatic heterocycles.